The predicted molar refractivity (Wildman–Crippen MR) is 90.0 cm³/mol. The lowest BCUT2D eigenvalue weighted by molar-refractivity contribution is -0.127. The first-order valence-electron chi connectivity index (χ1n) is 7.85. The summed E-state index contributed by atoms with van der Waals surface area (Å²) in [6.45, 7) is 3.81. The molecular weight excluding hydrogens is 276 g/mol. The minimum Gasteiger partial charge on any atom is -0.357 e. The molecule has 0 spiro atoms. The van der Waals surface area contributed by atoms with Crippen LogP contribution in [0.5, 0.6) is 0 Å². The first-order chi connectivity index (χ1) is 10.6. The van der Waals surface area contributed by atoms with E-state index in [1.807, 2.05) is 13.0 Å². The Morgan fingerprint density at radius 3 is 2.45 bits per heavy atom. The van der Waals surface area contributed by atoms with E-state index in [1.54, 1.807) is 19.0 Å². The average molecular weight is 302 g/mol. The van der Waals surface area contributed by atoms with Gasteiger partial charge >= 0.3 is 0 Å². The Morgan fingerprint density at radius 1 is 1.23 bits per heavy atom. The first kappa shape index (κ1) is 16.3. The van der Waals surface area contributed by atoms with Crippen LogP contribution in [0, 0.1) is 0 Å². The van der Waals surface area contributed by atoms with Crippen molar-refractivity contribution in [2.45, 2.75) is 25.2 Å². The molecule has 0 aromatic heterocycles. The number of nitrogens with zero attached hydrogens (tertiary/aromatic N) is 2. The number of hydrogen-bond donors (Lipinski definition) is 2. The number of likely N-dealkylation sites (N-methyl/N-ethyl adjacent to an activating group) is 1. The summed E-state index contributed by atoms with van der Waals surface area (Å²) in [7, 11) is 3.49. The van der Waals surface area contributed by atoms with Crippen LogP contribution in [-0.2, 0) is 10.2 Å². The average Bonchev–Trinajstić information content (AvgIpc) is 3.31. The van der Waals surface area contributed by atoms with Crippen LogP contribution < -0.4 is 10.6 Å². The number of benzene rings is 1. The molecule has 1 fully saturated rings. The highest BCUT2D eigenvalue weighted by molar-refractivity contribution is 5.84. The zero-order valence-corrected chi connectivity index (χ0v) is 13.7. The molecule has 22 heavy (non-hydrogen) atoms. The highest BCUT2D eigenvalue weighted by atomic mass is 16.2. The SMILES string of the molecule is CCNC(=NCC(=O)N(C)C)NCC1(c2ccccc2)CC1. The molecule has 2 rings (SSSR count). The van der Waals surface area contributed by atoms with E-state index in [-0.39, 0.29) is 17.9 Å². The second-order valence-electron chi connectivity index (χ2n) is 5.98. The van der Waals surface area contributed by atoms with Gasteiger partial charge in [-0.3, -0.25) is 4.79 Å². The molecule has 1 aliphatic carbocycles. The summed E-state index contributed by atoms with van der Waals surface area (Å²) >= 11 is 0. The highest BCUT2D eigenvalue weighted by Crippen LogP contribution is 2.47. The van der Waals surface area contributed by atoms with Gasteiger partial charge in [-0.2, -0.15) is 0 Å². The van der Waals surface area contributed by atoms with Gasteiger partial charge in [0, 0.05) is 32.6 Å². The van der Waals surface area contributed by atoms with Gasteiger partial charge in [-0.25, -0.2) is 4.99 Å². The van der Waals surface area contributed by atoms with Crippen molar-refractivity contribution in [3.8, 4) is 0 Å². The molecule has 1 amide bonds. The van der Waals surface area contributed by atoms with Gasteiger partial charge in [-0.1, -0.05) is 30.3 Å². The second-order valence-corrected chi connectivity index (χ2v) is 5.98. The lowest BCUT2D eigenvalue weighted by Crippen LogP contribution is -2.42. The maximum absolute atomic E-state index is 11.6. The molecule has 1 aliphatic rings. The summed E-state index contributed by atoms with van der Waals surface area (Å²) in [5.74, 6) is 0.710. The van der Waals surface area contributed by atoms with Crippen molar-refractivity contribution < 1.29 is 4.79 Å². The summed E-state index contributed by atoms with van der Waals surface area (Å²) in [5.41, 5.74) is 1.60. The topological polar surface area (TPSA) is 56.7 Å². The zero-order chi connectivity index (χ0) is 16.0. The van der Waals surface area contributed by atoms with E-state index in [1.165, 1.54) is 18.4 Å². The van der Waals surface area contributed by atoms with Gasteiger partial charge in [-0.05, 0) is 25.3 Å². The molecule has 120 valence electrons. The molecule has 0 unspecified atom stereocenters. The fourth-order valence-corrected chi connectivity index (χ4v) is 2.39. The fourth-order valence-electron chi connectivity index (χ4n) is 2.39. The largest absolute Gasteiger partial charge is 0.357 e. The van der Waals surface area contributed by atoms with Crippen LogP contribution in [0.1, 0.15) is 25.3 Å². The van der Waals surface area contributed by atoms with Crippen LogP contribution in [-0.4, -0.2) is 50.5 Å². The summed E-state index contributed by atoms with van der Waals surface area (Å²) in [6, 6.07) is 10.6. The summed E-state index contributed by atoms with van der Waals surface area (Å²) in [5, 5.41) is 6.58. The molecule has 0 radical (unpaired) electrons. The van der Waals surface area contributed by atoms with Gasteiger partial charge in [0.05, 0.1) is 0 Å². The number of rotatable bonds is 6. The van der Waals surface area contributed by atoms with Crippen LogP contribution >= 0.6 is 0 Å². The van der Waals surface area contributed by atoms with E-state index in [0.717, 1.165) is 13.1 Å². The third-order valence-corrected chi connectivity index (χ3v) is 4.05. The van der Waals surface area contributed by atoms with E-state index in [2.05, 4.69) is 39.9 Å². The van der Waals surface area contributed by atoms with E-state index >= 15 is 0 Å². The molecule has 1 aromatic rings. The number of amides is 1. The highest BCUT2D eigenvalue weighted by Gasteiger charge is 2.43. The van der Waals surface area contributed by atoms with Crippen molar-refractivity contribution in [3.05, 3.63) is 35.9 Å². The number of nitrogens with one attached hydrogen (secondary N) is 2. The Hall–Kier alpha value is -2.04. The Labute approximate surface area is 132 Å². The van der Waals surface area contributed by atoms with Crippen LogP contribution in [0.15, 0.2) is 35.3 Å². The lowest BCUT2D eigenvalue weighted by atomic mass is 9.96. The molecular formula is C17H26N4O. The number of guanidine groups is 1. The van der Waals surface area contributed by atoms with Crippen LogP contribution in [0.3, 0.4) is 0 Å². The fraction of sp³-hybridized carbons (Fsp3) is 0.529. The standard InChI is InChI=1S/C17H26N4O/c1-4-18-16(19-12-15(22)21(2)3)20-13-17(10-11-17)14-8-6-5-7-9-14/h5-9H,4,10-13H2,1-3H3,(H2,18,19,20). The van der Waals surface area contributed by atoms with Crippen LogP contribution in [0.4, 0.5) is 0 Å². The predicted octanol–water partition coefficient (Wildman–Crippen LogP) is 1.36. The summed E-state index contributed by atoms with van der Waals surface area (Å²) in [4.78, 5) is 17.6. The molecule has 0 heterocycles. The molecule has 0 atom stereocenters. The van der Waals surface area contributed by atoms with Crippen LogP contribution in [0.2, 0.25) is 0 Å². The summed E-state index contributed by atoms with van der Waals surface area (Å²) < 4.78 is 0. The third kappa shape index (κ3) is 4.23. The van der Waals surface area contributed by atoms with Crippen molar-refractivity contribution in [1.82, 2.24) is 15.5 Å². The number of aliphatic imine (C=N–C) groups is 1. The van der Waals surface area contributed by atoms with Crippen molar-refractivity contribution in [1.29, 1.82) is 0 Å². The van der Waals surface area contributed by atoms with Crippen molar-refractivity contribution in [2.75, 3.05) is 33.7 Å². The quantitative estimate of drug-likeness (QED) is 0.616. The number of carbonyl (C=O) groups is 1. The Bertz CT molecular complexity index is 521. The zero-order valence-electron chi connectivity index (χ0n) is 13.7. The van der Waals surface area contributed by atoms with Crippen LogP contribution in [0.25, 0.3) is 0 Å². The number of carbonyl (C=O) groups excluding carboxylic acids is 1. The van der Waals surface area contributed by atoms with E-state index in [0.29, 0.717) is 5.96 Å². The minimum atomic E-state index is 0.00129. The van der Waals surface area contributed by atoms with Crippen molar-refractivity contribution in [2.24, 2.45) is 4.99 Å². The molecule has 0 aliphatic heterocycles. The maximum atomic E-state index is 11.6. The van der Waals surface area contributed by atoms with Gasteiger partial charge in [0.25, 0.3) is 0 Å². The van der Waals surface area contributed by atoms with Gasteiger partial charge < -0.3 is 15.5 Å². The normalized spacial score (nSPS) is 16.0. The van der Waals surface area contributed by atoms with Gasteiger partial charge in [-0.15, -0.1) is 0 Å². The van der Waals surface area contributed by atoms with E-state index < -0.39 is 0 Å². The third-order valence-electron chi connectivity index (χ3n) is 4.05. The van der Waals surface area contributed by atoms with Crippen molar-refractivity contribution in [3.63, 3.8) is 0 Å². The van der Waals surface area contributed by atoms with Gasteiger partial charge in [0.15, 0.2) is 5.96 Å². The molecule has 1 saturated carbocycles. The second kappa shape index (κ2) is 7.29. The van der Waals surface area contributed by atoms with E-state index in [9.17, 15) is 4.79 Å². The maximum Gasteiger partial charge on any atom is 0.243 e. The molecule has 1 aromatic carbocycles. The Morgan fingerprint density at radius 2 is 1.91 bits per heavy atom. The monoisotopic (exact) mass is 302 g/mol. The molecule has 5 nitrogen and oxygen atoms in total. The van der Waals surface area contributed by atoms with Crippen molar-refractivity contribution >= 4 is 11.9 Å². The minimum absolute atomic E-state index is 0.00129. The molecule has 2 N–H and O–H groups in total. The lowest BCUT2D eigenvalue weighted by Gasteiger charge is -2.19. The first-order valence-corrected chi connectivity index (χ1v) is 7.85. The molecule has 5 heteroatoms. The van der Waals surface area contributed by atoms with Gasteiger partial charge in [0.1, 0.15) is 6.54 Å². The van der Waals surface area contributed by atoms with E-state index in [4.69, 9.17) is 0 Å². The summed E-state index contributed by atoms with van der Waals surface area (Å²) in [6.07, 6.45) is 2.39. The van der Waals surface area contributed by atoms with Gasteiger partial charge in [0.2, 0.25) is 5.91 Å². The smallest absolute Gasteiger partial charge is 0.243 e. The number of hydrogen-bond acceptors (Lipinski definition) is 2. The Kier molecular flexibility index (Phi) is 5.41. The molecule has 0 bridgehead atoms. The Balaban J connectivity index is 1.94. The molecule has 0 saturated heterocycles.